The summed E-state index contributed by atoms with van der Waals surface area (Å²) in [5.74, 6) is 0.828. The van der Waals surface area contributed by atoms with E-state index in [1.54, 1.807) is 17.7 Å². The van der Waals surface area contributed by atoms with Crippen molar-refractivity contribution in [2.45, 2.75) is 13.8 Å². The number of aryl methyl sites for hydroxylation is 2. The predicted molar refractivity (Wildman–Crippen MR) is 99.8 cm³/mol. The summed E-state index contributed by atoms with van der Waals surface area (Å²) in [5, 5.41) is 4.44. The van der Waals surface area contributed by atoms with Crippen LogP contribution in [0.1, 0.15) is 11.3 Å². The van der Waals surface area contributed by atoms with Crippen LogP contribution in [-0.4, -0.2) is 15.0 Å². The third kappa shape index (κ3) is 2.74. The third-order valence-electron chi connectivity index (χ3n) is 3.88. The number of rotatable bonds is 3. The SMILES string of the molecule is Cc1cccc(Nc2ncnc3sc(-c4cccnc4C)cc23)c1. The van der Waals surface area contributed by atoms with E-state index in [0.717, 1.165) is 37.9 Å². The highest BCUT2D eigenvalue weighted by Crippen LogP contribution is 2.36. The van der Waals surface area contributed by atoms with E-state index in [0.29, 0.717) is 0 Å². The third-order valence-corrected chi connectivity index (χ3v) is 4.96. The molecule has 0 saturated heterocycles. The molecule has 118 valence electrons. The molecule has 0 radical (unpaired) electrons. The van der Waals surface area contributed by atoms with Gasteiger partial charge in [-0.1, -0.05) is 18.2 Å². The van der Waals surface area contributed by atoms with Crippen molar-refractivity contribution in [1.82, 2.24) is 15.0 Å². The topological polar surface area (TPSA) is 50.7 Å². The van der Waals surface area contributed by atoms with Crippen LogP contribution in [0.3, 0.4) is 0 Å². The van der Waals surface area contributed by atoms with E-state index in [9.17, 15) is 0 Å². The van der Waals surface area contributed by atoms with Gasteiger partial charge in [0.05, 0.1) is 5.39 Å². The van der Waals surface area contributed by atoms with Gasteiger partial charge in [0, 0.05) is 28.0 Å². The van der Waals surface area contributed by atoms with Crippen LogP contribution in [-0.2, 0) is 0 Å². The summed E-state index contributed by atoms with van der Waals surface area (Å²) < 4.78 is 0. The predicted octanol–water partition coefficient (Wildman–Crippen LogP) is 5.11. The Bertz CT molecular complexity index is 1020. The molecule has 0 spiro atoms. The second-order valence-electron chi connectivity index (χ2n) is 5.68. The fraction of sp³-hybridized carbons (Fsp3) is 0.105. The number of nitrogens with zero attached hydrogens (tertiary/aromatic N) is 3. The van der Waals surface area contributed by atoms with E-state index in [1.807, 2.05) is 31.3 Å². The van der Waals surface area contributed by atoms with Crippen molar-refractivity contribution in [3.05, 3.63) is 66.2 Å². The molecule has 5 heteroatoms. The normalized spacial score (nSPS) is 10.9. The summed E-state index contributed by atoms with van der Waals surface area (Å²) in [4.78, 5) is 15.4. The maximum atomic E-state index is 4.43. The Labute approximate surface area is 144 Å². The van der Waals surface area contributed by atoms with Crippen LogP contribution >= 0.6 is 11.3 Å². The number of hydrogen-bond donors (Lipinski definition) is 1. The number of benzene rings is 1. The van der Waals surface area contributed by atoms with E-state index in [4.69, 9.17) is 0 Å². The molecule has 0 amide bonds. The molecular formula is C19H16N4S. The largest absolute Gasteiger partial charge is 0.340 e. The smallest absolute Gasteiger partial charge is 0.142 e. The van der Waals surface area contributed by atoms with Crippen molar-refractivity contribution in [3.63, 3.8) is 0 Å². The number of aromatic nitrogens is 3. The number of fused-ring (bicyclic) bond motifs is 1. The van der Waals surface area contributed by atoms with Gasteiger partial charge < -0.3 is 5.32 Å². The summed E-state index contributed by atoms with van der Waals surface area (Å²) in [5.41, 5.74) is 4.40. The van der Waals surface area contributed by atoms with Gasteiger partial charge in [0.2, 0.25) is 0 Å². The minimum absolute atomic E-state index is 0.828. The number of pyridine rings is 1. The molecule has 3 aromatic heterocycles. The van der Waals surface area contributed by atoms with Crippen molar-refractivity contribution in [3.8, 4) is 10.4 Å². The summed E-state index contributed by atoms with van der Waals surface area (Å²) in [6.07, 6.45) is 3.42. The van der Waals surface area contributed by atoms with E-state index in [1.165, 1.54) is 5.56 Å². The summed E-state index contributed by atoms with van der Waals surface area (Å²) in [7, 11) is 0. The average Bonchev–Trinajstić information content (AvgIpc) is 3.00. The van der Waals surface area contributed by atoms with E-state index in [2.05, 4.69) is 51.5 Å². The highest BCUT2D eigenvalue weighted by atomic mass is 32.1. The zero-order valence-electron chi connectivity index (χ0n) is 13.4. The van der Waals surface area contributed by atoms with Gasteiger partial charge in [-0.3, -0.25) is 4.98 Å². The summed E-state index contributed by atoms with van der Waals surface area (Å²) in [6, 6.07) is 14.5. The Morgan fingerprint density at radius 1 is 0.958 bits per heavy atom. The van der Waals surface area contributed by atoms with Gasteiger partial charge in [-0.05, 0) is 43.7 Å². The molecule has 0 bridgehead atoms. The maximum absolute atomic E-state index is 4.43. The standard InChI is InChI=1S/C19H16N4S/c1-12-5-3-6-14(9-12)23-18-16-10-17(24-19(16)22-11-21-18)15-7-4-8-20-13(15)2/h3-11H,1-2H3,(H,21,22,23). The molecule has 0 saturated carbocycles. The lowest BCUT2D eigenvalue weighted by Gasteiger charge is -2.06. The fourth-order valence-electron chi connectivity index (χ4n) is 2.69. The fourth-order valence-corrected chi connectivity index (χ4v) is 3.77. The van der Waals surface area contributed by atoms with Gasteiger partial charge in [0.25, 0.3) is 0 Å². The van der Waals surface area contributed by atoms with Crippen LogP contribution in [0.4, 0.5) is 11.5 Å². The van der Waals surface area contributed by atoms with Gasteiger partial charge in [-0.2, -0.15) is 0 Å². The first-order valence-corrected chi connectivity index (χ1v) is 8.52. The van der Waals surface area contributed by atoms with Gasteiger partial charge in [-0.25, -0.2) is 9.97 Å². The summed E-state index contributed by atoms with van der Waals surface area (Å²) in [6.45, 7) is 4.10. The van der Waals surface area contributed by atoms with E-state index < -0.39 is 0 Å². The molecule has 0 atom stereocenters. The Morgan fingerprint density at radius 2 is 1.88 bits per heavy atom. The molecule has 4 nitrogen and oxygen atoms in total. The van der Waals surface area contributed by atoms with Crippen LogP contribution in [0.15, 0.2) is 55.0 Å². The van der Waals surface area contributed by atoms with Crippen LogP contribution in [0.5, 0.6) is 0 Å². The molecule has 0 aliphatic rings. The molecule has 0 unspecified atom stereocenters. The first-order valence-electron chi connectivity index (χ1n) is 7.71. The van der Waals surface area contributed by atoms with Gasteiger partial charge in [0.1, 0.15) is 17.0 Å². The van der Waals surface area contributed by atoms with Gasteiger partial charge >= 0.3 is 0 Å². The molecule has 0 aliphatic heterocycles. The van der Waals surface area contributed by atoms with E-state index >= 15 is 0 Å². The zero-order valence-corrected chi connectivity index (χ0v) is 14.3. The number of hydrogen-bond acceptors (Lipinski definition) is 5. The Hall–Kier alpha value is -2.79. The Morgan fingerprint density at radius 3 is 2.71 bits per heavy atom. The zero-order chi connectivity index (χ0) is 16.5. The lowest BCUT2D eigenvalue weighted by atomic mass is 10.1. The summed E-state index contributed by atoms with van der Waals surface area (Å²) >= 11 is 1.66. The highest BCUT2D eigenvalue weighted by Gasteiger charge is 2.12. The monoisotopic (exact) mass is 332 g/mol. The number of thiophene rings is 1. The number of anilines is 2. The maximum Gasteiger partial charge on any atom is 0.142 e. The van der Waals surface area contributed by atoms with Crippen molar-refractivity contribution >= 4 is 33.1 Å². The van der Waals surface area contributed by atoms with Crippen LogP contribution in [0.2, 0.25) is 0 Å². The minimum atomic E-state index is 0.828. The molecule has 0 fully saturated rings. The number of nitrogens with one attached hydrogen (secondary N) is 1. The van der Waals surface area contributed by atoms with Crippen LogP contribution < -0.4 is 5.32 Å². The lowest BCUT2D eigenvalue weighted by Crippen LogP contribution is -1.94. The molecule has 24 heavy (non-hydrogen) atoms. The molecular weight excluding hydrogens is 316 g/mol. The Balaban J connectivity index is 1.79. The highest BCUT2D eigenvalue weighted by molar-refractivity contribution is 7.21. The average molecular weight is 332 g/mol. The van der Waals surface area contributed by atoms with Crippen LogP contribution in [0.25, 0.3) is 20.7 Å². The van der Waals surface area contributed by atoms with Crippen molar-refractivity contribution < 1.29 is 0 Å². The van der Waals surface area contributed by atoms with Gasteiger partial charge in [-0.15, -0.1) is 11.3 Å². The van der Waals surface area contributed by atoms with E-state index in [-0.39, 0.29) is 0 Å². The quantitative estimate of drug-likeness (QED) is 0.566. The van der Waals surface area contributed by atoms with Crippen molar-refractivity contribution in [2.75, 3.05) is 5.32 Å². The first-order chi connectivity index (χ1) is 11.7. The molecule has 4 rings (SSSR count). The second kappa shape index (κ2) is 6.02. The minimum Gasteiger partial charge on any atom is -0.340 e. The first kappa shape index (κ1) is 14.8. The van der Waals surface area contributed by atoms with Crippen molar-refractivity contribution in [2.24, 2.45) is 0 Å². The molecule has 1 aromatic carbocycles. The Kier molecular flexibility index (Phi) is 3.70. The van der Waals surface area contributed by atoms with Gasteiger partial charge in [0.15, 0.2) is 0 Å². The van der Waals surface area contributed by atoms with Crippen molar-refractivity contribution in [1.29, 1.82) is 0 Å². The second-order valence-corrected chi connectivity index (χ2v) is 6.71. The van der Waals surface area contributed by atoms with Crippen LogP contribution in [0, 0.1) is 13.8 Å². The lowest BCUT2D eigenvalue weighted by molar-refractivity contribution is 1.21. The molecule has 0 aliphatic carbocycles. The molecule has 3 heterocycles. The molecule has 4 aromatic rings. The molecule has 1 N–H and O–H groups in total.